The van der Waals surface area contributed by atoms with Crippen LogP contribution in [0.4, 0.5) is 19.0 Å². The van der Waals surface area contributed by atoms with E-state index in [4.69, 9.17) is 4.74 Å². The minimum atomic E-state index is -4.65. The number of hydrogen-bond acceptors (Lipinski definition) is 5. The molecule has 0 spiro atoms. The molecule has 0 saturated heterocycles. The van der Waals surface area contributed by atoms with Crippen LogP contribution < -0.4 is 10.2 Å². The first kappa shape index (κ1) is 17.7. The molecule has 0 radical (unpaired) electrons. The van der Waals surface area contributed by atoms with Gasteiger partial charge < -0.3 is 4.74 Å². The number of methoxy groups -OCH3 is 1. The molecule has 8 heteroatoms. The quantitative estimate of drug-likeness (QED) is 0.550. The summed E-state index contributed by atoms with van der Waals surface area (Å²) >= 11 is 0. The van der Waals surface area contributed by atoms with Crippen LogP contribution in [-0.2, 0) is 6.18 Å². The van der Waals surface area contributed by atoms with Gasteiger partial charge in [-0.1, -0.05) is 24.3 Å². The van der Waals surface area contributed by atoms with E-state index in [9.17, 15) is 13.2 Å². The Morgan fingerprint density at radius 3 is 2.46 bits per heavy atom. The van der Waals surface area contributed by atoms with Crippen LogP contribution in [0.15, 0.2) is 53.6 Å². The Kier molecular flexibility index (Phi) is 4.75. The molecule has 3 aromatic rings. The van der Waals surface area contributed by atoms with E-state index in [-0.39, 0.29) is 11.3 Å². The van der Waals surface area contributed by atoms with Crippen molar-refractivity contribution in [1.29, 1.82) is 0 Å². The number of nitrogens with one attached hydrogen (secondary N) is 1. The molecule has 0 amide bonds. The fraction of sp³-hybridized carbons (Fsp3) is 0.167. The molecule has 0 unspecified atom stereocenters. The summed E-state index contributed by atoms with van der Waals surface area (Å²) in [6.07, 6.45) is -4.65. The average Bonchev–Trinajstić information content (AvgIpc) is 2.64. The summed E-state index contributed by atoms with van der Waals surface area (Å²) in [6.45, 7) is 1.72. The number of rotatable bonds is 4. The van der Waals surface area contributed by atoms with Gasteiger partial charge in [0, 0.05) is 10.9 Å². The standard InChI is InChI=1S/C18H15F3N4O/c1-11(12-7-4-6-10-15(12)26-2)24-25-16-13-8-3-5-9-14(13)22-17(23-16)18(19,20)21/h3-10H,1-2H3,(H,22,23,25)/b24-11-. The SMILES string of the molecule is COc1ccccc1/C(C)=N\Nc1nc(C(F)(F)F)nc2ccccc12. The van der Waals surface area contributed by atoms with Gasteiger partial charge in [0.25, 0.3) is 0 Å². The monoisotopic (exact) mass is 360 g/mol. The Morgan fingerprint density at radius 2 is 1.73 bits per heavy atom. The van der Waals surface area contributed by atoms with E-state index in [0.717, 1.165) is 5.56 Å². The van der Waals surface area contributed by atoms with Crippen molar-refractivity contribution in [2.24, 2.45) is 5.10 Å². The first-order chi connectivity index (χ1) is 12.4. The number of ether oxygens (including phenoxy) is 1. The maximum Gasteiger partial charge on any atom is 0.451 e. The van der Waals surface area contributed by atoms with Gasteiger partial charge in [0.2, 0.25) is 5.82 Å². The lowest BCUT2D eigenvalue weighted by Crippen LogP contribution is -2.13. The Morgan fingerprint density at radius 1 is 1.04 bits per heavy atom. The van der Waals surface area contributed by atoms with Crippen molar-refractivity contribution >= 4 is 22.4 Å². The third kappa shape index (κ3) is 3.58. The molecule has 5 nitrogen and oxygen atoms in total. The zero-order chi connectivity index (χ0) is 18.7. The van der Waals surface area contributed by atoms with Crippen LogP contribution >= 0.6 is 0 Å². The van der Waals surface area contributed by atoms with Gasteiger partial charge in [-0.25, -0.2) is 9.97 Å². The van der Waals surface area contributed by atoms with Crippen LogP contribution in [-0.4, -0.2) is 22.8 Å². The van der Waals surface area contributed by atoms with E-state index in [1.165, 1.54) is 13.2 Å². The molecule has 1 heterocycles. The molecule has 1 N–H and O–H groups in total. The third-order valence-electron chi connectivity index (χ3n) is 3.68. The molecule has 2 aromatic carbocycles. The summed E-state index contributed by atoms with van der Waals surface area (Å²) in [7, 11) is 1.53. The second kappa shape index (κ2) is 6.99. The number of fused-ring (bicyclic) bond motifs is 1. The van der Waals surface area contributed by atoms with Crippen molar-refractivity contribution in [1.82, 2.24) is 9.97 Å². The van der Waals surface area contributed by atoms with Crippen LogP contribution in [0.25, 0.3) is 10.9 Å². The van der Waals surface area contributed by atoms with Gasteiger partial charge in [0.1, 0.15) is 5.75 Å². The van der Waals surface area contributed by atoms with Crippen LogP contribution in [0.1, 0.15) is 18.3 Å². The van der Waals surface area contributed by atoms with Crippen LogP contribution in [0, 0.1) is 0 Å². The Bertz CT molecular complexity index is 970. The predicted molar refractivity (Wildman–Crippen MR) is 93.4 cm³/mol. The molecule has 0 aliphatic rings. The molecule has 1 aromatic heterocycles. The Balaban J connectivity index is 2.02. The second-order valence-electron chi connectivity index (χ2n) is 5.42. The predicted octanol–water partition coefficient (Wildman–Crippen LogP) is 4.49. The maximum absolute atomic E-state index is 13.1. The number of benzene rings is 2. The highest BCUT2D eigenvalue weighted by Gasteiger charge is 2.35. The number of aromatic nitrogens is 2. The first-order valence-corrected chi connectivity index (χ1v) is 7.68. The normalized spacial score (nSPS) is 12.3. The zero-order valence-electron chi connectivity index (χ0n) is 14.0. The van der Waals surface area contributed by atoms with Gasteiger partial charge in [-0.2, -0.15) is 18.3 Å². The molecule has 0 fully saturated rings. The summed E-state index contributed by atoms with van der Waals surface area (Å²) in [4.78, 5) is 7.17. The molecular weight excluding hydrogens is 345 g/mol. The number of anilines is 1. The Hall–Kier alpha value is -3.16. The third-order valence-corrected chi connectivity index (χ3v) is 3.68. The van der Waals surface area contributed by atoms with Crippen molar-refractivity contribution in [2.75, 3.05) is 12.5 Å². The lowest BCUT2D eigenvalue weighted by molar-refractivity contribution is -0.144. The van der Waals surface area contributed by atoms with Crippen molar-refractivity contribution in [2.45, 2.75) is 13.1 Å². The van der Waals surface area contributed by atoms with Crippen molar-refractivity contribution in [3.8, 4) is 5.75 Å². The Labute approximate surface area is 147 Å². The summed E-state index contributed by atoms with van der Waals surface area (Å²) in [6, 6.07) is 13.6. The molecule has 0 aliphatic heterocycles. The number of nitrogens with zero attached hydrogens (tertiary/aromatic N) is 3. The van der Waals surface area contributed by atoms with Gasteiger partial charge in [0.15, 0.2) is 5.82 Å². The van der Waals surface area contributed by atoms with E-state index in [1.54, 1.807) is 37.3 Å². The molecule has 0 aliphatic carbocycles. The molecule has 0 saturated carbocycles. The summed E-state index contributed by atoms with van der Waals surface area (Å²) in [5.41, 5.74) is 4.07. The molecule has 3 rings (SSSR count). The largest absolute Gasteiger partial charge is 0.496 e. The van der Waals surface area contributed by atoms with Crippen molar-refractivity contribution < 1.29 is 17.9 Å². The van der Waals surface area contributed by atoms with Gasteiger partial charge in [-0.15, -0.1) is 0 Å². The van der Waals surface area contributed by atoms with Crippen molar-refractivity contribution in [3.63, 3.8) is 0 Å². The fourth-order valence-electron chi connectivity index (χ4n) is 2.43. The fourth-order valence-corrected chi connectivity index (χ4v) is 2.43. The molecular formula is C18H15F3N4O. The lowest BCUT2D eigenvalue weighted by atomic mass is 10.1. The van der Waals surface area contributed by atoms with Crippen LogP contribution in [0.5, 0.6) is 5.75 Å². The smallest absolute Gasteiger partial charge is 0.451 e. The maximum atomic E-state index is 13.1. The van der Waals surface area contributed by atoms with E-state index < -0.39 is 12.0 Å². The number of hydrogen-bond donors (Lipinski definition) is 1. The van der Waals surface area contributed by atoms with Crippen molar-refractivity contribution in [3.05, 3.63) is 59.9 Å². The second-order valence-corrected chi connectivity index (χ2v) is 5.42. The van der Waals surface area contributed by atoms with Gasteiger partial charge >= 0.3 is 6.18 Å². The lowest BCUT2D eigenvalue weighted by Gasteiger charge is -2.11. The highest BCUT2D eigenvalue weighted by Crippen LogP contribution is 2.30. The number of para-hydroxylation sites is 2. The van der Waals surface area contributed by atoms with Crippen LogP contribution in [0.3, 0.4) is 0 Å². The van der Waals surface area contributed by atoms with E-state index >= 15 is 0 Å². The van der Waals surface area contributed by atoms with Crippen LogP contribution in [0.2, 0.25) is 0 Å². The highest BCUT2D eigenvalue weighted by molar-refractivity contribution is 6.01. The minimum absolute atomic E-state index is 0.0165. The topological polar surface area (TPSA) is 59.4 Å². The number of alkyl halides is 3. The van der Waals surface area contributed by atoms with Gasteiger partial charge in [-0.3, -0.25) is 5.43 Å². The highest BCUT2D eigenvalue weighted by atomic mass is 19.4. The summed E-state index contributed by atoms with van der Waals surface area (Å²) < 4.78 is 44.4. The van der Waals surface area contributed by atoms with Gasteiger partial charge in [0.05, 0.1) is 18.3 Å². The number of hydrazone groups is 1. The number of halogens is 3. The minimum Gasteiger partial charge on any atom is -0.496 e. The van der Waals surface area contributed by atoms with E-state index in [0.29, 0.717) is 16.8 Å². The molecule has 0 bridgehead atoms. The molecule has 0 atom stereocenters. The summed E-state index contributed by atoms with van der Waals surface area (Å²) in [5, 5.41) is 4.62. The summed E-state index contributed by atoms with van der Waals surface area (Å²) in [5.74, 6) is -0.625. The van der Waals surface area contributed by atoms with E-state index in [2.05, 4.69) is 20.5 Å². The average molecular weight is 360 g/mol. The van der Waals surface area contributed by atoms with E-state index in [1.807, 2.05) is 12.1 Å². The van der Waals surface area contributed by atoms with Gasteiger partial charge in [-0.05, 0) is 31.2 Å². The molecule has 134 valence electrons. The zero-order valence-corrected chi connectivity index (χ0v) is 14.0. The molecule has 26 heavy (non-hydrogen) atoms. The first-order valence-electron chi connectivity index (χ1n) is 7.68.